The second-order valence-electron chi connectivity index (χ2n) is 6.63. The predicted molar refractivity (Wildman–Crippen MR) is 110 cm³/mol. The van der Waals surface area contributed by atoms with Gasteiger partial charge in [-0.15, -0.1) is 0 Å². The third-order valence-electron chi connectivity index (χ3n) is 4.64. The van der Waals surface area contributed by atoms with Crippen molar-refractivity contribution in [3.8, 4) is 0 Å². The van der Waals surface area contributed by atoms with Crippen LogP contribution < -0.4 is 4.90 Å². The van der Waals surface area contributed by atoms with Crippen molar-refractivity contribution in [3.05, 3.63) is 89.0 Å². The number of thiazole rings is 1. The molecule has 4 nitrogen and oxygen atoms in total. The van der Waals surface area contributed by atoms with E-state index in [1.165, 1.54) is 33.9 Å². The summed E-state index contributed by atoms with van der Waals surface area (Å²) in [7, 11) is 0. The lowest BCUT2D eigenvalue weighted by Gasteiger charge is -2.20. The summed E-state index contributed by atoms with van der Waals surface area (Å²) in [5, 5.41) is 0.539. The minimum Gasteiger partial charge on any atom is -0.279 e. The van der Waals surface area contributed by atoms with Crippen molar-refractivity contribution in [3.63, 3.8) is 0 Å². The molecule has 6 heteroatoms. The van der Waals surface area contributed by atoms with Gasteiger partial charge in [0.2, 0.25) is 0 Å². The van der Waals surface area contributed by atoms with Gasteiger partial charge in [0.05, 0.1) is 22.3 Å². The summed E-state index contributed by atoms with van der Waals surface area (Å²) in [6.45, 7) is 4.34. The first kappa shape index (κ1) is 18.3. The quantitative estimate of drug-likeness (QED) is 0.475. The number of hydrogen-bond donors (Lipinski definition) is 0. The average Bonchev–Trinajstić information content (AvgIpc) is 3.09. The number of halogens is 1. The van der Waals surface area contributed by atoms with Crippen molar-refractivity contribution in [1.29, 1.82) is 0 Å². The van der Waals surface area contributed by atoms with Crippen LogP contribution in [-0.2, 0) is 6.54 Å². The molecule has 28 heavy (non-hydrogen) atoms. The molecule has 2 heterocycles. The van der Waals surface area contributed by atoms with Gasteiger partial charge < -0.3 is 0 Å². The zero-order chi connectivity index (χ0) is 19.7. The zero-order valence-corrected chi connectivity index (χ0v) is 16.3. The maximum atomic E-state index is 14.3. The van der Waals surface area contributed by atoms with Gasteiger partial charge in [0.15, 0.2) is 5.13 Å². The highest BCUT2D eigenvalue weighted by Gasteiger charge is 2.24. The third kappa shape index (κ3) is 3.51. The molecule has 0 radical (unpaired) electrons. The Morgan fingerprint density at radius 1 is 1.11 bits per heavy atom. The van der Waals surface area contributed by atoms with Crippen LogP contribution in [0.25, 0.3) is 10.2 Å². The van der Waals surface area contributed by atoms with Crippen LogP contribution in [0.15, 0.2) is 60.9 Å². The van der Waals surface area contributed by atoms with Crippen LogP contribution in [0, 0.1) is 19.7 Å². The average molecular weight is 391 g/mol. The lowest BCUT2D eigenvalue weighted by molar-refractivity contribution is 0.0981. The predicted octanol–water partition coefficient (Wildman–Crippen LogP) is 5.29. The summed E-state index contributed by atoms with van der Waals surface area (Å²) in [4.78, 5) is 23.5. The summed E-state index contributed by atoms with van der Waals surface area (Å²) in [5.74, 6) is -0.967. The molecule has 0 saturated heterocycles. The summed E-state index contributed by atoms with van der Waals surface area (Å²) < 4.78 is 15.3. The Kier molecular flexibility index (Phi) is 4.88. The number of amides is 1. The Balaban J connectivity index is 1.81. The van der Waals surface area contributed by atoms with Gasteiger partial charge in [-0.25, -0.2) is 9.37 Å². The van der Waals surface area contributed by atoms with Gasteiger partial charge in [-0.3, -0.25) is 14.7 Å². The van der Waals surface area contributed by atoms with Crippen molar-refractivity contribution in [1.82, 2.24) is 9.97 Å². The first-order valence-corrected chi connectivity index (χ1v) is 9.67. The largest absolute Gasteiger partial charge is 0.279 e. The van der Waals surface area contributed by atoms with Crippen molar-refractivity contribution < 1.29 is 9.18 Å². The standard InChI is InChI=1S/C22H18FN3OS/c1-14-10-19-20(11-15(14)2)28-22(25-19)26(13-16-6-5-9-24-12-16)21(27)17-7-3-4-8-18(17)23/h3-12H,13H2,1-2H3. The minimum atomic E-state index is -0.545. The molecular weight excluding hydrogens is 373 g/mol. The summed E-state index contributed by atoms with van der Waals surface area (Å²) >= 11 is 1.43. The van der Waals surface area contributed by atoms with Crippen molar-refractivity contribution in [2.24, 2.45) is 0 Å². The van der Waals surface area contributed by atoms with Crippen molar-refractivity contribution in [2.75, 3.05) is 4.90 Å². The molecule has 2 aromatic heterocycles. The van der Waals surface area contributed by atoms with E-state index in [9.17, 15) is 9.18 Å². The molecule has 4 rings (SSSR count). The van der Waals surface area contributed by atoms with Gasteiger partial charge in [-0.2, -0.15) is 0 Å². The van der Waals surface area contributed by atoms with Crippen molar-refractivity contribution in [2.45, 2.75) is 20.4 Å². The molecule has 0 bridgehead atoms. The van der Waals surface area contributed by atoms with E-state index < -0.39 is 11.7 Å². The second-order valence-corrected chi connectivity index (χ2v) is 7.64. The molecular formula is C22H18FN3OS. The van der Waals surface area contributed by atoms with Crippen LogP contribution in [0.4, 0.5) is 9.52 Å². The smallest absolute Gasteiger partial charge is 0.263 e. The summed E-state index contributed by atoms with van der Waals surface area (Å²) in [5.41, 5.74) is 4.02. The Morgan fingerprint density at radius 2 is 1.89 bits per heavy atom. The second kappa shape index (κ2) is 7.48. The first-order chi connectivity index (χ1) is 13.5. The number of aromatic nitrogens is 2. The number of aryl methyl sites for hydroxylation is 2. The number of carbonyl (C=O) groups is 1. The van der Waals surface area contributed by atoms with Gasteiger partial charge in [-0.1, -0.05) is 29.5 Å². The van der Waals surface area contributed by atoms with E-state index >= 15 is 0 Å². The van der Waals surface area contributed by atoms with Crippen LogP contribution in [0.1, 0.15) is 27.0 Å². The van der Waals surface area contributed by atoms with Crippen LogP contribution in [0.2, 0.25) is 0 Å². The van der Waals surface area contributed by atoms with E-state index in [-0.39, 0.29) is 12.1 Å². The van der Waals surface area contributed by atoms with Crippen LogP contribution in [0.3, 0.4) is 0 Å². The fourth-order valence-electron chi connectivity index (χ4n) is 2.96. The number of pyridine rings is 1. The van der Waals surface area contributed by atoms with Gasteiger partial charge in [0.25, 0.3) is 5.91 Å². The summed E-state index contributed by atoms with van der Waals surface area (Å²) in [6.07, 6.45) is 3.37. The SMILES string of the molecule is Cc1cc2nc(N(Cc3cccnc3)C(=O)c3ccccc3F)sc2cc1C. The number of hydrogen-bond acceptors (Lipinski definition) is 4. The Hall–Kier alpha value is -3.12. The molecule has 0 spiro atoms. The monoisotopic (exact) mass is 391 g/mol. The molecule has 0 aliphatic carbocycles. The van der Waals surface area contributed by atoms with E-state index in [4.69, 9.17) is 0 Å². The molecule has 0 aliphatic rings. The Labute approximate surface area is 166 Å². The zero-order valence-electron chi connectivity index (χ0n) is 15.5. The Morgan fingerprint density at radius 3 is 2.64 bits per heavy atom. The van der Waals surface area contributed by atoms with Crippen LogP contribution >= 0.6 is 11.3 Å². The third-order valence-corrected chi connectivity index (χ3v) is 5.68. The van der Waals surface area contributed by atoms with E-state index in [1.807, 2.05) is 32.0 Å². The molecule has 0 atom stereocenters. The molecule has 2 aromatic carbocycles. The number of anilines is 1. The molecule has 0 saturated carbocycles. The van der Waals surface area contributed by atoms with Crippen LogP contribution in [-0.4, -0.2) is 15.9 Å². The van der Waals surface area contributed by atoms with E-state index in [0.29, 0.717) is 5.13 Å². The number of nitrogens with zero attached hydrogens (tertiary/aromatic N) is 3. The topological polar surface area (TPSA) is 46.1 Å². The lowest BCUT2D eigenvalue weighted by Crippen LogP contribution is -2.31. The fraction of sp³-hybridized carbons (Fsp3) is 0.136. The maximum absolute atomic E-state index is 14.3. The van der Waals surface area contributed by atoms with Gasteiger partial charge in [-0.05, 0) is 60.9 Å². The molecule has 4 aromatic rings. The van der Waals surface area contributed by atoms with Gasteiger partial charge in [0, 0.05) is 12.4 Å². The van der Waals surface area contributed by atoms with E-state index in [0.717, 1.165) is 21.3 Å². The van der Waals surface area contributed by atoms with E-state index in [1.54, 1.807) is 24.5 Å². The fourth-order valence-corrected chi connectivity index (χ4v) is 4.01. The number of benzene rings is 2. The maximum Gasteiger partial charge on any atom is 0.263 e. The molecule has 0 N–H and O–H groups in total. The Bertz CT molecular complexity index is 1120. The molecule has 0 unspecified atom stereocenters. The van der Waals surface area contributed by atoms with Gasteiger partial charge in [0.1, 0.15) is 5.82 Å². The highest BCUT2D eigenvalue weighted by atomic mass is 32.1. The summed E-state index contributed by atoms with van der Waals surface area (Å²) in [6, 6.07) is 13.8. The molecule has 0 aliphatic heterocycles. The van der Waals surface area contributed by atoms with E-state index in [2.05, 4.69) is 16.0 Å². The molecule has 140 valence electrons. The number of rotatable bonds is 4. The highest BCUT2D eigenvalue weighted by molar-refractivity contribution is 7.22. The van der Waals surface area contributed by atoms with Crippen LogP contribution in [0.5, 0.6) is 0 Å². The molecule has 1 amide bonds. The molecule has 0 fully saturated rings. The number of carbonyl (C=O) groups excluding carboxylic acids is 1. The highest BCUT2D eigenvalue weighted by Crippen LogP contribution is 2.32. The lowest BCUT2D eigenvalue weighted by atomic mass is 10.1. The van der Waals surface area contributed by atoms with Crippen molar-refractivity contribution >= 4 is 32.6 Å². The number of fused-ring (bicyclic) bond motifs is 1. The van der Waals surface area contributed by atoms with Gasteiger partial charge >= 0.3 is 0 Å². The normalized spacial score (nSPS) is 11.0. The minimum absolute atomic E-state index is 0.0259. The first-order valence-electron chi connectivity index (χ1n) is 8.86.